The number of anilines is 1. The van der Waals surface area contributed by atoms with E-state index in [4.69, 9.17) is 5.73 Å². The van der Waals surface area contributed by atoms with E-state index < -0.39 is 5.41 Å². The summed E-state index contributed by atoms with van der Waals surface area (Å²) in [5.41, 5.74) is 7.58. The van der Waals surface area contributed by atoms with Crippen molar-refractivity contribution in [2.24, 2.45) is 11.1 Å². The van der Waals surface area contributed by atoms with E-state index in [1.165, 1.54) is 0 Å². The zero-order chi connectivity index (χ0) is 13.3. The molecule has 0 saturated heterocycles. The van der Waals surface area contributed by atoms with Crippen LogP contribution in [-0.2, 0) is 4.79 Å². The second-order valence-corrected chi connectivity index (χ2v) is 6.21. The zero-order valence-corrected chi connectivity index (χ0v) is 12.4. The molecule has 1 fully saturated rings. The Kier molecular flexibility index (Phi) is 3.78. The number of rotatable bonds is 2. The highest BCUT2D eigenvalue weighted by Crippen LogP contribution is 2.38. The van der Waals surface area contributed by atoms with Gasteiger partial charge in [0.2, 0.25) is 5.91 Å². The summed E-state index contributed by atoms with van der Waals surface area (Å²) in [5, 5.41) is 2.98. The van der Waals surface area contributed by atoms with E-state index in [-0.39, 0.29) is 11.9 Å². The Hall–Kier alpha value is -0.870. The molecule has 3 nitrogen and oxygen atoms in total. The van der Waals surface area contributed by atoms with Crippen LogP contribution in [-0.4, -0.2) is 11.9 Å². The fourth-order valence-electron chi connectivity index (χ4n) is 2.46. The van der Waals surface area contributed by atoms with Gasteiger partial charge in [0.15, 0.2) is 0 Å². The summed E-state index contributed by atoms with van der Waals surface area (Å²) in [6.45, 7) is 3.98. The smallest absolute Gasteiger partial charge is 0.231 e. The van der Waals surface area contributed by atoms with Crippen molar-refractivity contribution in [3.63, 3.8) is 0 Å². The third-order valence-corrected chi connectivity index (χ3v) is 4.58. The number of aryl methyl sites for hydroxylation is 1. The van der Waals surface area contributed by atoms with Gasteiger partial charge in [-0.2, -0.15) is 0 Å². The first-order valence-electron chi connectivity index (χ1n) is 6.26. The van der Waals surface area contributed by atoms with Gasteiger partial charge in [-0.05, 0) is 60.3 Å². The minimum absolute atomic E-state index is 0.0250. The number of amides is 1. The third kappa shape index (κ3) is 2.45. The lowest BCUT2D eigenvalue weighted by molar-refractivity contribution is -0.125. The Bertz CT molecular complexity index is 475. The average Bonchev–Trinajstić information content (AvgIpc) is 2.64. The molecule has 1 aromatic carbocycles. The molecule has 0 bridgehead atoms. The standard InChI is InChI=1S/C14H19BrN2O/c1-9-5-6-11(10(15)8-9)17-13(18)14(2)7-3-4-12(14)16/h5-6,8,12H,3-4,7,16H2,1-2H3,(H,17,18). The highest BCUT2D eigenvalue weighted by Gasteiger charge is 2.43. The van der Waals surface area contributed by atoms with E-state index in [1.54, 1.807) is 0 Å². The maximum absolute atomic E-state index is 12.4. The molecule has 4 heteroatoms. The highest BCUT2D eigenvalue weighted by atomic mass is 79.9. The molecule has 18 heavy (non-hydrogen) atoms. The van der Waals surface area contributed by atoms with E-state index in [0.29, 0.717) is 0 Å². The van der Waals surface area contributed by atoms with Crippen molar-refractivity contribution in [1.82, 2.24) is 0 Å². The maximum Gasteiger partial charge on any atom is 0.231 e. The number of carbonyl (C=O) groups excluding carboxylic acids is 1. The topological polar surface area (TPSA) is 55.1 Å². The Morgan fingerprint density at radius 1 is 1.56 bits per heavy atom. The van der Waals surface area contributed by atoms with E-state index >= 15 is 0 Å². The summed E-state index contributed by atoms with van der Waals surface area (Å²) in [4.78, 5) is 12.4. The Balaban J connectivity index is 2.16. The normalized spacial score (nSPS) is 27.2. The van der Waals surface area contributed by atoms with Crippen molar-refractivity contribution in [2.45, 2.75) is 39.2 Å². The molecule has 0 spiro atoms. The van der Waals surface area contributed by atoms with Gasteiger partial charge >= 0.3 is 0 Å². The lowest BCUT2D eigenvalue weighted by Crippen LogP contribution is -2.44. The van der Waals surface area contributed by atoms with E-state index in [9.17, 15) is 4.79 Å². The molecule has 2 rings (SSSR count). The van der Waals surface area contributed by atoms with Gasteiger partial charge in [-0.3, -0.25) is 4.79 Å². The highest BCUT2D eigenvalue weighted by molar-refractivity contribution is 9.10. The van der Waals surface area contributed by atoms with Crippen LogP contribution in [0, 0.1) is 12.3 Å². The average molecular weight is 311 g/mol. The summed E-state index contributed by atoms with van der Waals surface area (Å²) in [5.74, 6) is 0.0250. The number of hydrogen-bond donors (Lipinski definition) is 2. The van der Waals surface area contributed by atoms with Gasteiger partial charge in [0.05, 0.1) is 11.1 Å². The predicted octanol–water partition coefficient (Wildman–Crippen LogP) is 3.21. The summed E-state index contributed by atoms with van der Waals surface area (Å²) < 4.78 is 0.908. The number of hydrogen-bond acceptors (Lipinski definition) is 2. The van der Waals surface area contributed by atoms with Crippen LogP contribution in [0.1, 0.15) is 31.7 Å². The molecule has 98 valence electrons. The SMILES string of the molecule is Cc1ccc(NC(=O)C2(C)CCCC2N)c(Br)c1. The molecule has 1 saturated carbocycles. The van der Waals surface area contributed by atoms with Crippen LogP contribution in [0.3, 0.4) is 0 Å². The predicted molar refractivity (Wildman–Crippen MR) is 77.4 cm³/mol. The van der Waals surface area contributed by atoms with Crippen LogP contribution >= 0.6 is 15.9 Å². The van der Waals surface area contributed by atoms with Crippen molar-refractivity contribution in [2.75, 3.05) is 5.32 Å². The first-order valence-corrected chi connectivity index (χ1v) is 7.06. The summed E-state index contributed by atoms with van der Waals surface area (Å²) in [6, 6.07) is 5.85. The van der Waals surface area contributed by atoms with Crippen LogP contribution in [0.5, 0.6) is 0 Å². The molecule has 0 aliphatic heterocycles. The molecule has 1 aliphatic rings. The molecule has 1 amide bonds. The monoisotopic (exact) mass is 310 g/mol. The molecule has 2 unspecified atom stereocenters. The lowest BCUT2D eigenvalue weighted by atomic mass is 9.84. The van der Waals surface area contributed by atoms with Crippen molar-refractivity contribution in [1.29, 1.82) is 0 Å². The van der Waals surface area contributed by atoms with Gasteiger partial charge in [-0.25, -0.2) is 0 Å². The Morgan fingerprint density at radius 2 is 2.28 bits per heavy atom. The molecule has 0 aromatic heterocycles. The van der Waals surface area contributed by atoms with Crippen LogP contribution in [0.15, 0.2) is 22.7 Å². The van der Waals surface area contributed by atoms with Gasteiger partial charge < -0.3 is 11.1 Å². The fraction of sp³-hybridized carbons (Fsp3) is 0.500. The number of nitrogens with one attached hydrogen (secondary N) is 1. The second kappa shape index (κ2) is 5.02. The number of nitrogens with two attached hydrogens (primary N) is 1. The first-order chi connectivity index (χ1) is 8.43. The molecule has 1 aliphatic carbocycles. The number of benzene rings is 1. The summed E-state index contributed by atoms with van der Waals surface area (Å²) in [6.07, 6.45) is 2.82. The quantitative estimate of drug-likeness (QED) is 0.881. The van der Waals surface area contributed by atoms with Gasteiger partial charge in [-0.1, -0.05) is 12.5 Å². The first kappa shape index (κ1) is 13.6. The van der Waals surface area contributed by atoms with Crippen molar-refractivity contribution >= 4 is 27.5 Å². The molecule has 1 aromatic rings. The Labute approximate surface area is 116 Å². The molecule has 0 radical (unpaired) electrons. The summed E-state index contributed by atoms with van der Waals surface area (Å²) >= 11 is 3.47. The van der Waals surface area contributed by atoms with Crippen molar-refractivity contribution < 1.29 is 4.79 Å². The van der Waals surface area contributed by atoms with Gasteiger partial charge in [0, 0.05) is 10.5 Å². The van der Waals surface area contributed by atoms with Crippen LogP contribution in [0.4, 0.5) is 5.69 Å². The second-order valence-electron chi connectivity index (χ2n) is 5.35. The van der Waals surface area contributed by atoms with Gasteiger partial charge in [0.1, 0.15) is 0 Å². The zero-order valence-electron chi connectivity index (χ0n) is 10.8. The van der Waals surface area contributed by atoms with E-state index in [2.05, 4.69) is 21.2 Å². The minimum atomic E-state index is -0.440. The van der Waals surface area contributed by atoms with Gasteiger partial charge in [0.25, 0.3) is 0 Å². The third-order valence-electron chi connectivity index (χ3n) is 3.92. The van der Waals surface area contributed by atoms with E-state index in [0.717, 1.165) is 35.0 Å². The molecular formula is C14H19BrN2O. The van der Waals surface area contributed by atoms with Crippen molar-refractivity contribution in [3.8, 4) is 0 Å². The van der Waals surface area contributed by atoms with Crippen LogP contribution < -0.4 is 11.1 Å². The van der Waals surface area contributed by atoms with Crippen LogP contribution in [0.25, 0.3) is 0 Å². The van der Waals surface area contributed by atoms with Crippen LogP contribution in [0.2, 0.25) is 0 Å². The largest absolute Gasteiger partial charge is 0.327 e. The fourth-order valence-corrected chi connectivity index (χ4v) is 3.05. The number of halogens is 1. The maximum atomic E-state index is 12.4. The van der Waals surface area contributed by atoms with Crippen molar-refractivity contribution in [3.05, 3.63) is 28.2 Å². The minimum Gasteiger partial charge on any atom is -0.327 e. The lowest BCUT2D eigenvalue weighted by Gasteiger charge is -2.27. The molecule has 0 heterocycles. The molecule has 2 atom stereocenters. The summed E-state index contributed by atoms with van der Waals surface area (Å²) in [7, 11) is 0. The molecule has 3 N–H and O–H groups in total. The van der Waals surface area contributed by atoms with E-state index in [1.807, 2.05) is 32.0 Å². The van der Waals surface area contributed by atoms with Gasteiger partial charge in [-0.15, -0.1) is 0 Å². The number of carbonyl (C=O) groups is 1. The Morgan fingerprint density at radius 3 is 2.83 bits per heavy atom. The molecular weight excluding hydrogens is 292 g/mol.